The van der Waals surface area contributed by atoms with Gasteiger partial charge in [0.1, 0.15) is 11.0 Å². The van der Waals surface area contributed by atoms with E-state index in [2.05, 4.69) is 22.0 Å². The van der Waals surface area contributed by atoms with Gasteiger partial charge in [0.05, 0.1) is 17.1 Å². The van der Waals surface area contributed by atoms with E-state index in [0.717, 1.165) is 19.5 Å². The molecule has 1 aromatic heterocycles. The number of nitrogens with zero attached hydrogens (tertiary/aromatic N) is 3. The lowest BCUT2D eigenvalue weighted by Gasteiger charge is -2.17. The molecule has 1 saturated heterocycles. The maximum atomic E-state index is 10.9. The average molecular weight is 304 g/mol. The SMILES string of the molecule is O=[N+]([O-])c1cc(Cl)nc(N2CCC(c3ccccc3)C2)c1. The Balaban J connectivity index is 1.82. The van der Waals surface area contributed by atoms with Crippen LogP contribution in [0.5, 0.6) is 0 Å². The molecule has 0 N–H and O–H groups in total. The lowest BCUT2D eigenvalue weighted by atomic mass is 9.99. The number of benzene rings is 1. The van der Waals surface area contributed by atoms with Crippen LogP contribution in [0.2, 0.25) is 5.15 Å². The molecule has 2 aromatic rings. The molecule has 0 amide bonds. The summed E-state index contributed by atoms with van der Waals surface area (Å²) in [6, 6.07) is 13.0. The van der Waals surface area contributed by atoms with Gasteiger partial charge in [0, 0.05) is 19.0 Å². The minimum absolute atomic E-state index is 0.0202. The first-order valence-electron chi connectivity index (χ1n) is 6.75. The molecule has 0 saturated carbocycles. The van der Waals surface area contributed by atoms with Crippen molar-refractivity contribution in [3.8, 4) is 0 Å². The number of halogens is 1. The Morgan fingerprint density at radius 3 is 2.76 bits per heavy atom. The van der Waals surface area contributed by atoms with Crippen LogP contribution in [0, 0.1) is 10.1 Å². The van der Waals surface area contributed by atoms with Gasteiger partial charge in [-0.15, -0.1) is 0 Å². The van der Waals surface area contributed by atoms with Crippen LogP contribution in [0.3, 0.4) is 0 Å². The van der Waals surface area contributed by atoms with Gasteiger partial charge in [0.2, 0.25) is 0 Å². The zero-order valence-electron chi connectivity index (χ0n) is 11.3. The minimum Gasteiger partial charge on any atom is -0.356 e. The van der Waals surface area contributed by atoms with E-state index in [-0.39, 0.29) is 10.8 Å². The summed E-state index contributed by atoms with van der Waals surface area (Å²) in [5.74, 6) is 0.999. The zero-order chi connectivity index (χ0) is 14.8. The maximum Gasteiger partial charge on any atom is 0.276 e. The topological polar surface area (TPSA) is 59.3 Å². The smallest absolute Gasteiger partial charge is 0.276 e. The Labute approximate surface area is 127 Å². The second-order valence-corrected chi connectivity index (χ2v) is 5.49. The highest BCUT2D eigenvalue weighted by atomic mass is 35.5. The van der Waals surface area contributed by atoms with Crippen molar-refractivity contribution in [2.75, 3.05) is 18.0 Å². The number of rotatable bonds is 3. The summed E-state index contributed by atoms with van der Waals surface area (Å²) in [7, 11) is 0. The average Bonchev–Trinajstić information content (AvgIpc) is 2.97. The predicted octanol–water partition coefficient (Wildman–Crippen LogP) is 3.64. The molecule has 1 fully saturated rings. The van der Waals surface area contributed by atoms with Gasteiger partial charge in [-0.05, 0) is 12.0 Å². The van der Waals surface area contributed by atoms with E-state index in [9.17, 15) is 10.1 Å². The second-order valence-electron chi connectivity index (χ2n) is 5.11. The van der Waals surface area contributed by atoms with E-state index in [4.69, 9.17) is 11.6 Å². The highest BCUT2D eigenvalue weighted by Gasteiger charge is 2.26. The third-order valence-corrected chi connectivity index (χ3v) is 3.95. The lowest BCUT2D eigenvalue weighted by molar-refractivity contribution is -0.384. The molecule has 108 valence electrons. The van der Waals surface area contributed by atoms with Crippen LogP contribution in [-0.4, -0.2) is 23.0 Å². The molecule has 1 aromatic carbocycles. The van der Waals surface area contributed by atoms with Crippen molar-refractivity contribution in [1.82, 2.24) is 4.98 Å². The summed E-state index contributed by atoms with van der Waals surface area (Å²) in [5.41, 5.74) is 1.27. The van der Waals surface area contributed by atoms with Gasteiger partial charge in [-0.25, -0.2) is 4.98 Å². The summed E-state index contributed by atoms with van der Waals surface area (Å²) in [6.07, 6.45) is 1.01. The van der Waals surface area contributed by atoms with E-state index >= 15 is 0 Å². The molecule has 3 rings (SSSR count). The van der Waals surface area contributed by atoms with Crippen molar-refractivity contribution in [2.45, 2.75) is 12.3 Å². The highest BCUT2D eigenvalue weighted by Crippen LogP contribution is 2.32. The minimum atomic E-state index is -0.443. The lowest BCUT2D eigenvalue weighted by Crippen LogP contribution is -2.20. The van der Waals surface area contributed by atoms with Crippen LogP contribution >= 0.6 is 11.6 Å². The fourth-order valence-electron chi connectivity index (χ4n) is 2.70. The van der Waals surface area contributed by atoms with Gasteiger partial charge in [0.15, 0.2) is 0 Å². The van der Waals surface area contributed by atoms with Gasteiger partial charge < -0.3 is 4.90 Å². The Hall–Kier alpha value is -2.14. The van der Waals surface area contributed by atoms with Gasteiger partial charge in [-0.3, -0.25) is 10.1 Å². The number of aromatic nitrogens is 1. The Bertz CT molecular complexity index is 663. The molecule has 0 aliphatic carbocycles. The van der Waals surface area contributed by atoms with Gasteiger partial charge >= 0.3 is 0 Å². The van der Waals surface area contributed by atoms with E-state index in [1.807, 2.05) is 18.2 Å². The summed E-state index contributed by atoms with van der Waals surface area (Å²) < 4.78 is 0. The Kier molecular flexibility index (Phi) is 3.75. The third-order valence-electron chi connectivity index (χ3n) is 3.76. The molecule has 1 aliphatic heterocycles. The molecule has 6 heteroatoms. The van der Waals surface area contributed by atoms with Crippen molar-refractivity contribution < 1.29 is 4.92 Å². The summed E-state index contributed by atoms with van der Waals surface area (Å²) in [6.45, 7) is 1.62. The molecule has 1 atom stereocenters. The van der Waals surface area contributed by atoms with Crippen LogP contribution in [0.1, 0.15) is 17.9 Å². The van der Waals surface area contributed by atoms with E-state index in [0.29, 0.717) is 11.7 Å². The third kappa shape index (κ3) is 2.97. The fraction of sp³-hybridized carbons (Fsp3) is 0.267. The largest absolute Gasteiger partial charge is 0.356 e. The number of anilines is 1. The van der Waals surface area contributed by atoms with Crippen LogP contribution in [-0.2, 0) is 0 Å². The molecule has 0 bridgehead atoms. The quantitative estimate of drug-likeness (QED) is 0.493. The highest BCUT2D eigenvalue weighted by molar-refractivity contribution is 6.29. The Morgan fingerprint density at radius 2 is 2.05 bits per heavy atom. The number of hydrogen-bond acceptors (Lipinski definition) is 4. The van der Waals surface area contributed by atoms with Gasteiger partial charge in [0.25, 0.3) is 5.69 Å². The molecule has 0 spiro atoms. The molecular weight excluding hydrogens is 290 g/mol. The standard InChI is InChI=1S/C15H14ClN3O2/c16-14-8-13(19(20)21)9-15(17-14)18-7-6-12(10-18)11-4-2-1-3-5-11/h1-5,8-9,12H,6-7,10H2. The number of hydrogen-bond donors (Lipinski definition) is 0. The van der Waals surface area contributed by atoms with Crippen molar-refractivity contribution in [1.29, 1.82) is 0 Å². The van der Waals surface area contributed by atoms with Crippen LogP contribution < -0.4 is 4.90 Å². The van der Waals surface area contributed by atoms with E-state index in [1.54, 1.807) is 0 Å². The van der Waals surface area contributed by atoms with E-state index < -0.39 is 4.92 Å². The van der Waals surface area contributed by atoms with Crippen molar-refractivity contribution in [3.05, 3.63) is 63.3 Å². The zero-order valence-corrected chi connectivity index (χ0v) is 12.0. The predicted molar refractivity (Wildman–Crippen MR) is 81.9 cm³/mol. The second kappa shape index (κ2) is 5.69. The summed E-state index contributed by atoms with van der Waals surface area (Å²) in [5, 5.41) is 11.1. The molecule has 1 unspecified atom stereocenters. The van der Waals surface area contributed by atoms with E-state index in [1.165, 1.54) is 17.7 Å². The first-order chi connectivity index (χ1) is 10.1. The molecule has 21 heavy (non-hydrogen) atoms. The van der Waals surface area contributed by atoms with Crippen LogP contribution in [0.15, 0.2) is 42.5 Å². The van der Waals surface area contributed by atoms with Crippen LogP contribution in [0.4, 0.5) is 11.5 Å². The Morgan fingerprint density at radius 1 is 1.29 bits per heavy atom. The number of pyridine rings is 1. The molecule has 0 radical (unpaired) electrons. The van der Waals surface area contributed by atoms with Crippen molar-refractivity contribution in [3.63, 3.8) is 0 Å². The van der Waals surface area contributed by atoms with Crippen molar-refractivity contribution in [2.24, 2.45) is 0 Å². The maximum absolute atomic E-state index is 10.9. The van der Waals surface area contributed by atoms with Crippen LogP contribution in [0.25, 0.3) is 0 Å². The molecule has 1 aliphatic rings. The fourth-order valence-corrected chi connectivity index (χ4v) is 2.90. The summed E-state index contributed by atoms with van der Waals surface area (Å²) in [4.78, 5) is 16.7. The normalized spacial score (nSPS) is 18.0. The molecular formula is C15H14ClN3O2. The first-order valence-corrected chi connectivity index (χ1v) is 7.13. The molecule has 5 nitrogen and oxygen atoms in total. The molecule has 2 heterocycles. The number of nitro groups is 1. The van der Waals surface area contributed by atoms with Gasteiger partial charge in [-0.2, -0.15) is 0 Å². The van der Waals surface area contributed by atoms with Crippen molar-refractivity contribution >= 4 is 23.1 Å². The summed E-state index contributed by atoms with van der Waals surface area (Å²) >= 11 is 5.88. The van der Waals surface area contributed by atoms with Gasteiger partial charge in [-0.1, -0.05) is 41.9 Å². The first kappa shape index (κ1) is 13.8. The monoisotopic (exact) mass is 303 g/mol.